The van der Waals surface area contributed by atoms with Crippen molar-refractivity contribution >= 4 is 22.5 Å². The van der Waals surface area contributed by atoms with E-state index in [1.54, 1.807) is 0 Å². The fourth-order valence-corrected chi connectivity index (χ4v) is 1.15. The van der Waals surface area contributed by atoms with Crippen LogP contribution in [0.25, 0.3) is 0 Å². The Morgan fingerprint density at radius 1 is 1.67 bits per heavy atom. The summed E-state index contributed by atoms with van der Waals surface area (Å²) in [6, 6.07) is 1.09. The Morgan fingerprint density at radius 3 is 2.67 bits per heavy atom. The minimum Gasteiger partial charge on any atom is -0.495 e. The van der Waals surface area contributed by atoms with Crippen LogP contribution >= 0.6 is 11.6 Å². The van der Waals surface area contributed by atoms with Crippen molar-refractivity contribution in [1.29, 1.82) is 0 Å². The molecule has 0 aliphatic carbocycles. The van der Waals surface area contributed by atoms with E-state index in [1.165, 1.54) is 7.11 Å². The van der Waals surface area contributed by atoms with Crippen molar-refractivity contribution in [3.8, 4) is 5.75 Å². The highest BCUT2D eigenvalue weighted by atomic mass is 35.5. The lowest BCUT2D eigenvalue weighted by Crippen LogP contribution is -2.06. The van der Waals surface area contributed by atoms with Gasteiger partial charge in [-0.1, -0.05) is 0 Å². The van der Waals surface area contributed by atoms with E-state index >= 15 is 0 Å². The van der Waals surface area contributed by atoms with Crippen molar-refractivity contribution in [2.45, 2.75) is 6.43 Å². The van der Waals surface area contributed by atoms with Gasteiger partial charge in [-0.2, -0.15) is 0 Å². The SMILES string of the molecule is COc1cc(N)c(C(=O)Cl)nc1C(F)F. The molecule has 0 saturated heterocycles. The van der Waals surface area contributed by atoms with E-state index in [9.17, 15) is 13.6 Å². The zero-order valence-electron chi connectivity index (χ0n) is 7.63. The first-order chi connectivity index (χ1) is 6.97. The topological polar surface area (TPSA) is 65.2 Å². The standard InChI is InChI=1S/C8H7ClF2N2O2/c1-15-4-2-3(12)5(7(9)14)13-6(4)8(10)11/h2,8H,12H2,1H3. The zero-order chi connectivity index (χ0) is 11.6. The molecule has 0 radical (unpaired) electrons. The predicted molar refractivity (Wildman–Crippen MR) is 50.3 cm³/mol. The van der Waals surface area contributed by atoms with Gasteiger partial charge >= 0.3 is 0 Å². The number of carbonyl (C=O) groups excluding carboxylic acids is 1. The number of aromatic nitrogens is 1. The monoisotopic (exact) mass is 236 g/mol. The molecule has 0 fully saturated rings. The van der Waals surface area contributed by atoms with Gasteiger partial charge in [-0.3, -0.25) is 4.79 Å². The molecule has 0 aliphatic heterocycles. The summed E-state index contributed by atoms with van der Waals surface area (Å²) >= 11 is 5.11. The molecular weight excluding hydrogens is 230 g/mol. The van der Waals surface area contributed by atoms with E-state index in [2.05, 4.69) is 9.72 Å². The van der Waals surface area contributed by atoms with E-state index < -0.39 is 23.1 Å². The fraction of sp³-hybridized carbons (Fsp3) is 0.250. The second-order valence-corrected chi connectivity index (χ2v) is 2.93. The summed E-state index contributed by atoms with van der Waals surface area (Å²) in [6.07, 6.45) is -2.87. The number of hydrogen-bond acceptors (Lipinski definition) is 4. The summed E-state index contributed by atoms with van der Waals surface area (Å²) in [7, 11) is 1.20. The van der Waals surface area contributed by atoms with Crippen molar-refractivity contribution in [2.24, 2.45) is 0 Å². The van der Waals surface area contributed by atoms with Crippen LogP contribution in [0.1, 0.15) is 22.6 Å². The first kappa shape index (κ1) is 11.6. The summed E-state index contributed by atoms with van der Waals surface area (Å²) in [4.78, 5) is 14.1. The number of anilines is 1. The maximum absolute atomic E-state index is 12.5. The maximum atomic E-state index is 12.5. The number of hydrogen-bond donors (Lipinski definition) is 1. The molecule has 0 bridgehead atoms. The minimum atomic E-state index is -2.87. The summed E-state index contributed by atoms with van der Waals surface area (Å²) in [5.41, 5.74) is 4.22. The van der Waals surface area contributed by atoms with Gasteiger partial charge in [0.2, 0.25) is 0 Å². The van der Waals surface area contributed by atoms with E-state index in [0.717, 1.165) is 6.07 Å². The van der Waals surface area contributed by atoms with Crippen molar-refractivity contribution in [3.63, 3.8) is 0 Å². The first-order valence-electron chi connectivity index (χ1n) is 3.79. The molecule has 1 heterocycles. The van der Waals surface area contributed by atoms with Crippen molar-refractivity contribution in [1.82, 2.24) is 4.98 Å². The fourth-order valence-electron chi connectivity index (χ4n) is 1.00. The number of pyridine rings is 1. The first-order valence-corrected chi connectivity index (χ1v) is 4.17. The van der Waals surface area contributed by atoms with Crippen LogP contribution in [0, 0.1) is 0 Å². The molecule has 7 heteroatoms. The number of methoxy groups -OCH3 is 1. The number of carbonyl (C=O) groups is 1. The molecule has 0 spiro atoms. The Balaban J connectivity index is 3.37. The highest BCUT2D eigenvalue weighted by Gasteiger charge is 2.20. The molecule has 15 heavy (non-hydrogen) atoms. The molecule has 82 valence electrons. The molecule has 0 saturated carbocycles. The third-order valence-corrected chi connectivity index (χ3v) is 1.84. The average Bonchev–Trinajstić information content (AvgIpc) is 2.16. The second-order valence-electron chi connectivity index (χ2n) is 2.59. The highest BCUT2D eigenvalue weighted by molar-refractivity contribution is 6.68. The number of nitrogens with zero attached hydrogens (tertiary/aromatic N) is 1. The molecular formula is C8H7ClF2N2O2. The van der Waals surface area contributed by atoms with Crippen molar-refractivity contribution in [2.75, 3.05) is 12.8 Å². The molecule has 0 unspecified atom stereocenters. The molecule has 1 aromatic heterocycles. The summed E-state index contributed by atoms with van der Waals surface area (Å²) in [5, 5.41) is -0.989. The number of nitrogen functional groups attached to an aromatic ring is 1. The molecule has 2 N–H and O–H groups in total. The lowest BCUT2D eigenvalue weighted by molar-refractivity contribution is 0.107. The highest BCUT2D eigenvalue weighted by Crippen LogP contribution is 2.30. The third-order valence-electron chi connectivity index (χ3n) is 1.66. The molecule has 4 nitrogen and oxygen atoms in total. The largest absolute Gasteiger partial charge is 0.495 e. The van der Waals surface area contributed by atoms with Gasteiger partial charge in [0.1, 0.15) is 17.1 Å². The van der Waals surface area contributed by atoms with Gasteiger partial charge in [-0.25, -0.2) is 13.8 Å². The molecule has 0 amide bonds. The maximum Gasteiger partial charge on any atom is 0.284 e. The van der Waals surface area contributed by atoms with E-state index in [-0.39, 0.29) is 11.4 Å². The van der Waals surface area contributed by atoms with Crippen LogP contribution in [0.5, 0.6) is 5.75 Å². The summed E-state index contributed by atoms with van der Waals surface area (Å²) in [5.74, 6) is -0.177. The summed E-state index contributed by atoms with van der Waals surface area (Å²) in [6.45, 7) is 0. The van der Waals surface area contributed by atoms with E-state index in [4.69, 9.17) is 17.3 Å². The smallest absolute Gasteiger partial charge is 0.284 e. The van der Waals surface area contributed by atoms with Gasteiger partial charge < -0.3 is 10.5 Å². The molecule has 0 aliphatic rings. The minimum absolute atomic E-state index is 0.101. The van der Waals surface area contributed by atoms with Crippen LogP contribution in [0.2, 0.25) is 0 Å². The lowest BCUT2D eigenvalue weighted by Gasteiger charge is -2.09. The predicted octanol–water partition coefficient (Wildman–Crippen LogP) is 1.99. The van der Waals surface area contributed by atoms with Crippen molar-refractivity contribution in [3.05, 3.63) is 17.5 Å². The number of nitrogens with two attached hydrogens (primary N) is 1. The Kier molecular flexibility index (Phi) is 3.41. The van der Waals surface area contributed by atoms with Crippen LogP contribution in [0.3, 0.4) is 0 Å². The van der Waals surface area contributed by atoms with E-state index in [1.807, 2.05) is 0 Å². The van der Waals surface area contributed by atoms with Gasteiger partial charge in [-0.15, -0.1) is 0 Å². The number of halogens is 3. The molecule has 0 aromatic carbocycles. The lowest BCUT2D eigenvalue weighted by atomic mass is 10.2. The van der Waals surface area contributed by atoms with Crippen LogP contribution < -0.4 is 10.5 Å². The molecule has 1 rings (SSSR count). The van der Waals surface area contributed by atoms with E-state index in [0.29, 0.717) is 0 Å². The van der Waals surface area contributed by atoms with Crippen LogP contribution in [0.4, 0.5) is 14.5 Å². The zero-order valence-corrected chi connectivity index (χ0v) is 8.39. The average molecular weight is 237 g/mol. The van der Waals surface area contributed by atoms with Gasteiger partial charge in [0, 0.05) is 6.07 Å². The quantitative estimate of drug-likeness (QED) is 0.815. The van der Waals surface area contributed by atoms with Crippen molar-refractivity contribution < 1.29 is 18.3 Å². The third kappa shape index (κ3) is 2.33. The van der Waals surface area contributed by atoms with Gasteiger partial charge in [-0.05, 0) is 11.6 Å². The van der Waals surface area contributed by atoms with Gasteiger partial charge in [0.05, 0.1) is 12.8 Å². The normalized spacial score (nSPS) is 10.5. The van der Waals surface area contributed by atoms with Crippen LogP contribution in [-0.4, -0.2) is 17.3 Å². The van der Waals surface area contributed by atoms with Crippen LogP contribution in [0.15, 0.2) is 6.07 Å². The number of ether oxygens (including phenoxy) is 1. The number of alkyl halides is 2. The Morgan fingerprint density at radius 2 is 2.27 bits per heavy atom. The van der Waals surface area contributed by atoms with Gasteiger partial charge in [0.15, 0.2) is 0 Å². The van der Waals surface area contributed by atoms with Gasteiger partial charge in [0.25, 0.3) is 11.7 Å². The molecule has 1 aromatic rings. The summed E-state index contributed by atoms with van der Waals surface area (Å²) < 4.78 is 29.5. The Bertz CT molecular complexity index is 398. The molecule has 0 atom stereocenters. The Hall–Kier alpha value is -1.43. The number of rotatable bonds is 3. The Labute approximate surface area is 89.0 Å². The second kappa shape index (κ2) is 4.39. The van der Waals surface area contributed by atoms with Crippen LogP contribution in [-0.2, 0) is 0 Å².